The maximum atomic E-state index is 12.9. The molecule has 1 unspecified atom stereocenters. The number of rotatable bonds is 5. The van der Waals surface area contributed by atoms with E-state index >= 15 is 0 Å². The zero-order valence-corrected chi connectivity index (χ0v) is 9.84. The van der Waals surface area contributed by atoms with Gasteiger partial charge in [-0.15, -0.1) is 0 Å². The Morgan fingerprint density at radius 1 is 1.29 bits per heavy atom. The predicted molar refractivity (Wildman–Crippen MR) is 59.6 cm³/mol. The summed E-state index contributed by atoms with van der Waals surface area (Å²) < 4.78 is 43.6. The number of halogens is 3. The first-order chi connectivity index (χ1) is 8.00. The van der Waals surface area contributed by atoms with Crippen molar-refractivity contribution in [2.75, 3.05) is 13.7 Å². The van der Waals surface area contributed by atoms with E-state index < -0.39 is 12.2 Å². The Labute approximate surface area is 98.8 Å². The van der Waals surface area contributed by atoms with E-state index in [2.05, 4.69) is 5.32 Å². The van der Waals surface area contributed by atoms with E-state index in [0.29, 0.717) is 5.56 Å². The zero-order chi connectivity index (χ0) is 12.9. The quantitative estimate of drug-likeness (QED) is 0.863. The molecule has 0 fully saturated rings. The number of ether oxygens (including phenoxy) is 1. The minimum atomic E-state index is -4.31. The minimum Gasteiger partial charge on any atom is -0.380 e. The molecule has 5 heteroatoms. The highest BCUT2D eigenvalue weighted by Gasteiger charge is 2.40. The Morgan fingerprint density at radius 2 is 1.94 bits per heavy atom. The summed E-state index contributed by atoms with van der Waals surface area (Å²) >= 11 is 0. The molecule has 0 amide bonds. The second-order valence-electron chi connectivity index (χ2n) is 3.66. The molecule has 1 atom stereocenters. The lowest BCUT2D eigenvalue weighted by Crippen LogP contribution is -2.34. The molecule has 0 aliphatic carbocycles. The number of hydrogen-bond donors (Lipinski definition) is 1. The molecule has 1 aromatic carbocycles. The van der Waals surface area contributed by atoms with Crippen molar-refractivity contribution in [3.63, 3.8) is 0 Å². The number of alkyl halides is 3. The average Bonchev–Trinajstić information content (AvgIpc) is 2.26. The molecule has 0 saturated carbocycles. The van der Waals surface area contributed by atoms with E-state index in [9.17, 15) is 13.2 Å². The summed E-state index contributed by atoms with van der Waals surface area (Å²) in [5, 5.41) is 2.46. The van der Waals surface area contributed by atoms with Crippen molar-refractivity contribution in [2.45, 2.75) is 25.7 Å². The molecule has 1 N–H and O–H groups in total. The summed E-state index contributed by atoms with van der Waals surface area (Å²) in [6, 6.07) is 4.80. The Bertz CT molecular complexity index is 352. The van der Waals surface area contributed by atoms with Gasteiger partial charge in [-0.1, -0.05) is 31.2 Å². The van der Waals surface area contributed by atoms with Crippen LogP contribution in [0.1, 0.15) is 24.1 Å². The Balaban J connectivity index is 3.09. The lowest BCUT2D eigenvalue weighted by Gasteiger charge is -2.23. The SMILES string of the molecule is CCNC(c1ccccc1COC)C(F)(F)F. The molecule has 0 saturated heterocycles. The summed E-state index contributed by atoms with van der Waals surface area (Å²) in [6.45, 7) is 2.08. The van der Waals surface area contributed by atoms with E-state index in [-0.39, 0.29) is 18.7 Å². The molecular formula is C12H16F3NO. The molecule has 0 heterocycles. The summed E-state index contributed by atoms with van der Waals surface area (Å²) in [7, 11) is 1.46. The van der Waals surface area contributed by atoms with Crippen LogP contribution in [0.2, 0.25) is 0 Å². The highest BCUT2D eigenvalue weighted by Crippen LogP contribution is 2.34. The van der Waals surface area contributed by atoms with Gasteiger partial charge in [0.25, 0.3) is 0 Å². The standard InChI is InChI=1S/C12H16F3NO/c1-3-16-11(12(13,14)15)10-7-5-4-6-9(10)8-17-2/h4-7,11,16H,3,8H2,1-2H3. The summed E-state index contributed by atoms with van der Waals surface area (Å²) in [4.78, 5) is 0. The van der Waals surface area contributed by atoms with Gasteiger partial charge in [0, 0.05) is 7.11 Å². The smallest absolute Gasteiger partial charge is 0.380 e. The van der Waals surface area contributed by atoms with Crippen LogP contribution in [0, 0.1) is 0 Å². The van der Waals surface area contributed by atoms with Crippen molar-refractivity contribution in [3.05, 3.63) is 35.4 Å². The number of benzene rings is 1. The molecule has 0 radical (unpaired) electrons. The maximum absolute atomic E-state index is 12.9. The van der Waals surface area contributed by atoms with Crippen molar-refractivity contribution in [2.24, 2.45) is 0 Å². The van der Waals surface area contributed by atoms with E-state index in [4.69, 9.17) is 4.74 Å². The third kappa shape index (κ3) is 3.71. The van der Waals surface area contributed by atoms with E-state index in [1.54, 1.807) is 25.1 Å². The molecular weight excluding hydrogens is 231 g/mol. The lowest BCUT2D eigenvalue weighted by atomic mass is 10.00. The fraction of sp³-hybridized carbons (Fsp3) is 0.500. The molecule has 0 spiro atoms. The molecule has 1 aromatic rings. The van der Waals surface area contributed by atoms with Gasteiger partial charge in [-0.3, -0.25) is 0 Å². The van der Waals surface area contributed by atoms with E-state index in [1.165, 1.54) is 13.2 Å². The first kappa shape index (κ1) is 14.0. The van der Waals surface area contributed by atoms with Gasteiger partial charge in [0.1, 0.15) is 6.04 Å². The molecule has 0 aromatic heterocycles. The van der Waals surface area contributed by atoms with Crippen molar-refractivity contribution in [3.8, 4) is 0 Å². The van der Waals surface area contributed by atoms with Crippen LogP contribution in [0.4, 0.5) is 13.2 Å². The number of hydrogen-bond acceptors (Lipinski definition) is 2. The topological polar surface area (TPSA) is 21.3 Å². The Kier molecular flexibility index (Phi) is 4.96. The van der Waals surface area contributed by atoms with Gasteiger partial charge in [-0.25, -0.2) is 0 Å². The molecule has 0 bridgehead atoms. The second-order valence-corrected chi connectivity index (χ2v) is 3.66. The monoisotopic (exact) mass is 247 g/mol. The maximum Gasteiger partial charge on any atom is 0.407 e. The third-order valence-corrected chi connectivity index (χ3v) is 2.40. The summed E-state index contributed by atoms with van der Waals surface area (Å²) in [5.74, 6) is 0. The van der Waals surface area contributed by atoms with Gasteiger partial charge < -0.3 is 10.1 Å². The van der Waals surface area contributed by atoms with Crippen LogP contribution in [-0.4, -0.2) is 19.8 Å². The van der Waals surface area contributed by atoms with Crippen LogP contribution in [-0.2, 0) is 11.3 Å². The van der Waals surface area contributed by atoms with Gasteiger partial charge >= 0.3 is 6.18 Å². The first-order valence-corrected chi connectivity index (χ1v) is 5.37. The molecule has 1 rings (SSSR count). The van der Waals surface area contributed by atoms with Gasteiger partial charge in [-0.2, -0.15) is 13.2 Å². The second kappa shape index (κ2) is 6.02. The lowest BCUT2D eigenvalue weighted by molar-refractivity contribution is -0.157. The van der Waals surface area contributed by atoms with Crippen LogP contribution >= 0.6 is 0 Å². The zero-order valence-electron chi connectivity index (χ0n) is 9.84. The fourth-order valence-corrected chi connectivity index (χ4v) is 1.71. The molecule has 0 aliphatic heterocycles. The third-order valence-electron chi connectivity index (χ3n) is 2.40. The Hall–Kier alpha value is -1.07. The van der Waals surface area contributed by atoms with E-state index in [0.717, 1.165) is 0 Å². The fourth-order valence-electron chi connectivity index (χ4n) is 1.71. The minimum absolute atomic E-state index is 0.175. The van der Waals surface area contributed by atoms with Gasteiger partial charge in [0.2, 0.25) is 0 Å². The summed E-state index contributed by atoms with van der Waals surface area (Å²) in [6.07, 6.45) is -4.31. The number of methoxy groups -OCH3 is 1. The van der Waals surface area contributed by atoms with Crippen molar-refractivity contribution in [1.29, 1.82) is 0 Å². The largest absolute Gasteiger partial charge is 0.407 e. The highest BCUT2D eigenvalue weighted by atomic mass is 19.4. The van der Waals surface area contributed by atoms with Crippen LogP contribution in [0.3, 0.4) is 0 Å². The normalized spacial score (nSPS) is 13.7. The molecule has 96 valence electrons. The van der Waals surface area contributed by atoms with Crippen LogP contribution < -0.4 is 5.32 Å². The van der Waals surface area contributed by atoms with E-state index in [1.807, 2.05) is 0 Å². The van der Waals surface area contributed by atoms with Crippen LogP contribution in [0.15, 0.2) is 24.3 Å². The predicted octanol–water partition coefficient (Wildman–Crippen LogP) is 3.05. The van der Waals surface area contributed by atoms with Gasteiger partial charge in [-0.05, 0) is 17.7 Å². The number of nitrogens with one attached hydrogen (secondary N) is 1. The van der Waals surface area contributed by atoms with Crippen LogP contribution in [0.5, 0.6) is 0 Å². The van der Waals surface area contributed by atoms with Gasteiger partial charge in [0.05, 0.1) is 6.61 Å². The average molecular weight is 247 g/mol. The highest BCUT2D eigenvalue weighted by molar-refractivity contribution is 5.30. The molecule has 2 nitrogen and oxygen atoms in total. The summed E-state index contributed by atoms with van der Waals surface area (Å²) in [5.41, 5.74) is 0.780. The first-order valence-electron chi connectivity index (χ1n) is 5.37. The van der Waals surface area contributed by atoms with Crippen molar-refractivity contribution in [1.82, 2.24) is 5.32 Å². The van der Waals surface area contributed by atoms with Crippen molar-refractivity contribution >= 4 is 0 Å². The molecule has 0 aliphatic rings. The van der Waals surface area contributed by atoms with Crippen LogP contribution in [0.25, 0.3) is 0 Å². The molecule has 17 heavy (non-hydrogen) atoms. The van der Waals surface area contributed by atoms with Gasteiger partial charge in [0.15, 0.2) is 0 Å². The van der Waals surface area contributed by atoms with Crippen molar-refractivity contribution < 1.29 is 17.9 Å². The Morgan fingerprint density at radius 3 is 2.47 bits per heavy atom.